The van der Waals surface area contributed by atoms with E-state index in [2.05, 4.69) is 129 Å². The van der Waals surface area contributed by atoms with Crippen LogP contribution in [0.2, 0.25) is 0 Å². The summed E-state index contributed by atoms with van der Waals surface area (Å²) >= 11 is 0. The Morgan fingerprint density at radius 3 is 1.52 bits per heavy atom. The molecule has 0 aromatic carbocycles. The number of rotatable bonds is 39. The average Bonchev–Trinajstić information content (AvgIpc) is 3.20. The molecular weight excluding hydrogens is 768 g/mol. The summed E-state index contributed by atoms with van der Waals surface area (Å²) in [4.78, 5) is 25.3. The summed E-state index contributed by atoms with van der Waals surface area (Å²) < 4.78 is 23.1. The van der Waals surface area contributed by atoms with Gasteiger partial charge in [0.05, 0.1) is 39.9 Å². The normalized spacial score (nSPS) is 15.4. The van der Waals surface area contributed by atoms with Crippen LogP contribution in [0.4, 0.5) is 0 Å². The maximum absolute atomic E-state index is 12.9. The van der Waals surface area contributed by atoms with E-state index >= 15 is 0 Å². The second-order valence-electron chi connectivity index (χ2n) is 16.0. The smallest absolute Gasteiger partial charge is 0.268 e. The van der Waals surface area contributed by atoms with Crippen LogP contribution in [0.3, 0.4) is 0 Å². The van der Waals surface area contributed by atoms with Crippen molar-refractivity contribution in [3.8, 4) is 0 Å². The maximum Gasteiger partial charge on any atom is 0.268 e. The molecule has 0 fully saturated rings. The van der Waals surface area contributed by atoms with Gasteiger partial charge < -0.3 is 28.8 Å². The number of amides is 1. The van der Waals surface area contributed by atoms with Gasteiger partial charge in [0.2, 0.25) is 5.91 Å². The molecule has 9 heteroatoms. The van der Waals surface area contributed by atoms with Gasteiger partial charge in [-0.1, -0.05) is 155 Å². The Morgan fingerprint density at radius 1 is 0.600 bits per heavy atom. The number of hydrogen-bond acceptors (Lipinski definition) is 6. The second kappa shape index (κ2) is 41.3. The molecule has 0 spiro atoms. The Kier molecular flexibility index (Phi) is 39.1. The lowest BCUT2D eigenvalue weighted by molar-refractivity contribution is -0.870. The van der Waals surface area contributed by atoms with Crippen molar-refractivity contribution in [2.45, 2.75) is 154 Å². The van der Waals surface area contributed by atoms with Crippen molar-refractivity contribution in [1.82, 2.24) is 5.32 Å². The molecule has 3 atom stereocenters. The molecule has 60 heavy (non-hydrogen) atoms. The summed E-state index contributed by atoms with van der Waals surface area (Å²) in [7, 11) is 1.18. The zero-order valence-corrected chi connectivity index (χ0v) is 39.2. The number of nitrogens with zero attached hydrogens (tertiary/aromatic N) is 1. The van der Waals surface area contributed by atoms with Gasteiger partial charge >= 0.3 is 0 Å². The van der Waals surface area contributed by atoms with Gasteiger partial charge in [-0.05, 0) is 103 Å². The largest absolute Gasteiger partial charge is 0.756 e. The summed E-state index contributed by atoms with van der Waals surface area (Å²) in [6, 6.07) is -0.936. The number of likely N-dealkylation sites (N-methyl/N-ethyl adjacent to an activating group) is 1. The number of phosphoric acid groups is 1. The fourth-order valence-electron chi connectivity index (χ4n) is 5.51. The van der Waals surface area contributed by atoms with Crippen molar-refractivity contribution in [2.75, 3.05) is 40.9 Å². The Morgan fingerprint density at radius 2 is 1.03 bits per heavy atom. The van der Waals surface area contributed by atoms with Crippen molar-refractivity contribution in [3.63, 3.8) is 0 Å². The van der Waals surface area contributed by atoms with E-state index in [9.17, 15) is 19.4 Å². The van der Waals surface area contributed by atoms with Crippen LogP contribution in [0.15, 0.2) is 122 Å². The van der Waals surface area contributed by atoms with Gasteiger partial charge in [-0.25, -0.2) is 0 Å². The van der Waals surface area contributed by atoms with E-state index in [4.69, 9.17) is 9.05 Å². The summed E-state index contributed by atoms with van der Waals surface area (Å²) in [5.41, 5.74) is 0. The van der Waals surface area contributed by atoms with Crippen LogP contribution in [0.5, 0.6) is 0 Å². The molecule has 0 aromatic heterocycles. The molecule has 8 nitrogen and oxygen atoms in total. The highest BCUT2D eigenvalue weighted by Gasteiger charge is 2.23. The molecule has 0 heterocycles. The predicted octanol–water partition coefficient (Wildman–Crippen LogP) is 12.4. The molecule has 0 saturated carbocycles. The highest BCUT2D eigenvalue weighted by atomic mass is 31.2. The van der Waals surface area contributed by atoms with E-state index in [0.717, 1.165) is 89.9 Å². The van der Waals surface area contributed by atoms with E-state index in [0.29, 0.717) is 23.9 Å². The van der Waals surface area contributed by atoms with Crippen LogP contribution in [-0.4, -0.2) is 68.5 Å². The number of quaternary nitrogens is 1. The van der Waals surface area contributed by atoms with Crippen LogP contribution in [0.1, 0.15) is 142 Å². The number of nitrogens with one attached hydrogen (secondary N) is 1. The number of unbranched alkanes of at least 4 members (excludes halogenated alkanes) is 8. The Labute approximate surface area is 367 Å². The quantitative estimate of drug-likeness (QED) is 0.0276. The number of hydrogen-bond donors (Lipinski definition) is 2. The molecule has 0 aromatic rings. The van der Waals surface area contributed by atoms with Gasteiger partial charge in [-0.3, -0.25) is 9.36 Å². The molecule has 0 radical (unpaired) electrons. The zero-order valence-electron chi connectivity index (χ0n) is 38.3. The Balaban J connectivity index is 4.51. The van der Waals surface area contributed by atoms with E-state index in [1.165, 1.54) is 19.3 Å². The van der Waals surface area contributed by atoms with E-state index in [1.54, 1.807) is 6.08 Å². The van der Waals surface area contributed by atoms with E-state index in [-0.39, 0.29) is 18.9 Å². The summed E-state index contributed by atoms with van der Waals surface area (Å²) in [6.45, 7) is 4.40. The molecule has 1 amide bonds. The SMILES string of the molecule is CC/C=C\C/C=C\C/C=C\C/C=C\C/C=C\C/C=C\C/C=C\CCCCCC(=O)NC(COP(=O)([O-])OCC[N+](C)(C)C)C(O)/C=C/CC/C=C/CC/C=C/CCCCC. The van der Waals surface area contributed by atoms with Crippen LogP contribution in [-0.2, 0) is 18.4 Å². The van der Waals surface area contributed by atoms with Crippen molar-refractivity contribution in [3.05, 3.63) is 122 Å². The molecule has 3 unspecified atom stereocenters. The minimum atomic E-state index is -4.62. The highest BCUT2D eigenvalue weighted by molar-refractivity contribution is 7.45. The number of carbonyl (C=O) groups excluding carboxylic acids is 1. The maximum atomic E-state index is 12.9. The van der Waals surface area contributed by atoms with E-state index < -0.39 is 26.6 Å². The van der Waals surface area contributed by atoms with Gasteiger partial charge in [-0.15, -0.1) is 0 Å². The highest BCUT2D eigenvalue weighted by Crippen LogP contribution is 2.38. The molecular formula is C51H85N2O6P. The number of aliphatic hydroxyl groups excluding tert-OH is 1. The monoisotopic (exact) mass is 853 g/mol. The van der Waals surface area contributed by atoms with Crippen molar-refractivity contribution in [1.29, 1.82) is 0 Å². The average molecular weight is 853 g/mol. The number of carbonyl (C=O) groups is 1. The topological polar surface area (TPSA) is 108 Å². The van der Waals surface area contributed by atoms with Crippen LogP contribution >= 0.6 is 7.82 Å². The van der Waals surface area contributed by atoms with Gasteiger partial charge in [-0.2, -0.15) is 0 Å². The zero-order chi connectivity index (χ0) is 44.3. The Bertz CT molecular complexity index is 1380. The van der Waals surface area contributed by atoms with E-state index in [1.807, 2.05) is 27.2 Å². The van der Waals surface area contributed by atoms with Crippen LogP contribution < -0.4 is 10.2 Å². The third-order valence-electron chi connectivity index (χ3n) is 9.13. The summed E-state index contributed by atoms with van der Waals surface area (Å²) in [5.74, 6) is -0.252. The first-order valence-corrected chi connectivity index (χ1v) is 24.4. The van der Waals surface area contributed by atoms with Crippen molar-refractivity contribution >= 4 is 13.7 Å². The first-order valence-electron chi connectivity index (χ1n) is 22.9. The molecule has 0 saturated heterocycles. The standard InChI is InChI=1S/C51H85N2O6P/c1-6-8-10-12-14-16-18-20-21-22-23-24-25-26-27-28-29-30-31-33-35-37-39-41-43-45-51(55)52-49(48-59-60(56,57)58-47-46-53(3,4)5)50(54)44-42-40-38-36-34-32-19-17-15-13-11-9-7-2/h8,10,14-17,20-21,23-24,26-27,29-30,33-36,42,44,49-50,54H,6-7,9,11-13,18-19,22,25,28,31-32,37-41,43,45-48H2,1-5H3,(H-,52,55,56,57)/b10-8-,16-14-,17-15+,21-20-,24-23-,27-26-,30-29-,35-33-,36-34+,44-42+. The van der Waals surface area contributed by atoms with Gasteiger partial charge in [0.25, 0.3) is 7.82 Å². The first-order chi connectivity index (χ1) is 29.0. The lowest BCUT2D eigenvalue weighted by Gasteiger charge is -2.29. The lowest BCUT2D eigenvalue weighted by atomic mass is 10.1. The second-order valence-corrected chi connectivity index (χ2v) is 17.4. The van der Waals surface area contributed by atoms with Crippen LogP contribution in [0.25, 0.3) is 0 Å². The molecule has 0 aliphatic carbocycles. The molecule has 0 aliphatic heterocycles. The predicted molar refractivity (Wildman–Crippen MR) is 255 cm³/mol. The summed E-state index contributed by atoms with van der Waals surface area (Å²) in [5, 5.41) is 13.7. The first kappa shape index (κ1) is 56.9. The molecule has 0 rings (SSSR count). The minimum Gasteiger partial charge on any atom is -0.756 e. The fraction of sp³-hybridized carbons (Fsp3) is 0.588. The van der Waals surface area contributed by atoms with Gasteiger partial charge in [0, 0.05) is 6.42 Å². The number of aliphatic hydroxyl groups is 1. The molecule has 0 bridgehead atoms. The third kappa shape index (κ3) is 43.0. The minimum absolute atomic E-state index is 0.0236. The van der Waals surface area contributed by atoms with Crippen molar-refractivity contribution < 1.29 is 32.9 Å². The molecule has 340 valence electrons. The van der Waals surface area contributed by atoms with Gasteiger partial charge in [0.15, 0.2) is 0 Å². The number of allylic oxidation sites excluding steroid dienone is 19. The van der Waals surface area contributed by atoms with Crippen LogP contribution in [0, 0.1) is 0 Å². The lowest BCUT2D eigenvalue weighted by Crippen LogP contribution is -2.45. The Hall–Kier alpha value is -3.10. The number of phosphoric ester groups is 1. The molecule has 0 aliphatic rings. The molecule has 2 N–H and O–H groups in total. The third-order valence-corrected chi connectivity index (χ3v) is 10.1. The van der Waals surface area contributed by atoms with Gasteiger partial charge in [0.1, 0.15) is 13.2 Å². The van der Waals surface area contributed by atoms with Crippen molar-refractivity contribution in [2.24, 2.45) is 0 Å². The summed E-state index contributed by atoms with van der Waals surface area (Å²) in [6.07, 6.45) is 61.1. The fourth-order valence-corrected chi connectivity index (χ4v) is 6.24.